The molecule has 172 valence electrons. The van der Waals surface area contributed by atoms with Crippen LogP contribution in [-0.2, 0) is 17.8 Å². The molecule has 0 atom stereocenters. The topological polar surface area (TPSA) is 92.2 Å². The number of H-pyrrole nitrogens is 1. The van der Waals surface area contributed by atoms with E-state index < -0.39 is 0 Å². The highest BCUT2D eigenvalue weighted by molar-refractivity contribution is 6.04. The molecule has 0 aliphatic rings. The van der Waals surface area contributed by atoms with Gasteiger partial charge >= 0.3 is 0 Å². The van der Waals surface area contributed by atoms with Gasteiger partial charge in [-0.3, -0.25) is 4.79 Å². The SMILES string of the molecule is CCOc1ccc2c(c1)c(-c1ccnc3[nH]ccc13)cn2CC(=O)NCCc1ccc(O)cc1. The van der Waals surface area contributed by atoms with Gasteiger partial charge in [0.1, 0.15) is 23.7 Å². The summed E-state index contributed by atoms with van der Waals surface area (Å²) in [5.74, 6) is 0.978. The molecule has 34 heavy (non-hydrogen) atoms. The van der Waals surface area contributed by atoms with Crippen molar-refractivity contribution in [2.24, 2.45) is 0 Å². The summed E-state index contributed by atoms with van der Waals surface area (Å²) in [4.78, 5) is 20.4. The van der Waals surface area contributed by atoms with Gasteiger partial charge in [0, 0.05) is 47.0 Å². The molecule has 3 heterocycles. The smallest absolute Gasteiger partial charge is 0.239 e. The maximum Gasteiger partial charge on any atom is 0.239 e. The summed E-state index contributed by atoms with van der Waals surface area (Å²) in [5, 5.41) is 14.5. The minimum Gasteiger partial charge on any atom is -0.508 e. The molecule has 3 aromatic heterocycles. The number of carbonyl (C=O) groups is 1. The van der Waals surface area contributed by atoms with Gasteiger partial charge in [-0.2, -0.15) is 0 Å². The number of fused-ring (bicyclic) bond motifs is 2. The highest BCUT2D eigenvalue weighted by Crippen LogP contribution is 2.36. The van der Waals surface area contributed by atoms with E-state index in [1.54, 1.807) is 18.3 Å². The number of phenols is 1. The van der Waals surface area contributed by atoms with Crippen LogP contribution in [-0.4, -0.2) is 38.7 Å². The number of rotatable bonds is 8. The summed E-state index contributed by atoms with van der Waals surface area (Å²) in [6.07, 6.45) is 6.40. The van der Waals surface area contributed by atoms with Gasteiger partial charge in [-0.05, 0) is 66.9 Å². The van der Waals surface area contributed by atoms with Gasteiger partial charge in [-0.25, -0.2) is 4.98 Å². The minimum absolute atomic E-state index is 0.0577. The predicted molar refractivity (Wildman–Crippen MR) is 133 cm³/mol. The highest BCUT2D eigenvalue weighted by Gasteiger charge is 2.16. The number of nitrogens with zero attached hydrogens (tertiary/aromatic N) is 2. The fourth-order valence-electron chi connectivity index (χ4n) is 4.29. The molecule has 0 radical (unpaired) electrons. The molecule has 7 nitrogen and oxygen atoms in total. The first-order valence-electron chi connectivity index (χ1n) is 11.3. The Hall–Kier alpha value is -4.26. The van der Waals surface area contributed by atoms with E-state index >= 15 is 0 Å². The van der Waals surface area contributed by atoms with E-state index in [4.69, 9.17) is 4.74 Å². The van der Waals surface area contributed by atoms with Gasteiger partial charge in [-0.1, -0.05) is 12.1 Å². The number of amides is 1. The number of hydrogen-bond acceptors (Lipinski definition) is 4. The second-order valence-electron chi connectivity index (χ2n) is 8.15. The number of aromatic amines is 1. The molecule has 0 aliphatic carbocycles. The minimum atomic E-state index is -0.0577. The molecule has 0 aliphatic heterocycles. The van der Waals surface area contributed by atoms with Crippen molar-refractivity contribution in [1.82, 2.24) is 19.9 Å². The lowest BCUT2D eigenvalue weighted by Gasteiger charge is -2.08. The molecule has 0 saturated carbocycles. The highest BCUT2D eigenvalue weighted by atomic mass is 16.5. The quantitative estimate of drug-likeness (QED) is 0.318. The molecule has 1 amide bonds. The number of hydrogen-bond donors (Lipinski definition) is 3. The maximum atomic E-state index is 12.8. The van der Waals surface area contributed by atoms with Crippen LogP contribution in [0.5, 0.6) is 11.5 Å². The van der Waals surface area contributed by atoms with E-state index in [0.29, 0.717) is 19.6 Å². The molecule has 5 aromatic rings. The van der Waals surface area contributed by atoms with Crippen molar-refractivity contribution in [3.8, 4) is 22.6 Å². The number of carbonyl (C=O) groups excluding carboxylic acids is 1. The summed E-state index contributed by atoms with van der Waals surface area (Å²) >= 11 is 0. The van der Waals surface area contributed by atoms with Crippen molar-refractivity contribution in [3.05, 3.63) is 78.8 Å². The maximum absolute atomic E-state index is 12.8. The van der Waals surface area contributed by atoms with Crippen molar-refractivity contribution in [1.29, 1.82) is 0 Å². The zero-order valence-corrected chi connectivity index (χ0v) is 18.9. The molecule has 0 spiro atoms. The van der Waals surface area contributed by atoms with E-state index in [1.807, 2.05) is 66.3 Å². The third-order valence-electron chi connectivity index (χ3n) is 5.90. The lowest BCUT2D eigenvalue weighted by Crippen LogP contribution is -2.29. The Morgan fingerprint density at radius 3 is 2.76 bits per heavy atom. The molecule has 0 fully saturated rings. The summed E-state index contributed by atoms with van der Waals surface area (Å²) in [6.45, 7) is 3.28. The van der Waals surface area contributed by atoms with Crippen molar-refractivity contribution >= 4 is 27.8 Å². The first kappa shape index (κ1) is 21.6. The zero-order valence-electron chi connectivity index (χ0n) is 18.9. The van der Waals surface area contributed by atoms with Crippen molar-refractivity contribution in [2.45, 2.75) is 19.9 Å². The molecular weight excluding hydrogens is 428 g/mol. The number of aromatic nitrogens is 3. The molecule has 7 heteroatoms. The molecule has 0 bridgehead atoms. The third kappa shape index (κ3) is 4.32. The Morgan fingerprint density at radius 2 is 1.94 bits per heavy atom. The fraction of sp³-hybridized carbons (Fsp3) is 0.185. The lowest BCUT2D eigenvalue weighted by molar-refractivity contribution is -0.121. The molecule has 0 unspecified atom stereocenters. The van der Waals surface area contributed by atoms with Crippen LogP contribution in [0.3, 0.4) is 0 Å². The van der Waals surface area contributed by atoms with Gasteiger partial charge in [0.15, 0.2) is 0 Å². The van der Waals surface area contributed by atoms with Crippen molar-refractivity contribution in [2.75, 3.05) is 13.2 Å². The summed E-state index contributed by atoms with van der Waals surface area (Å²) in [6, 6.07) is 17.0. The fourth-order valence-corrected chi connectivity index (χ4v) is 4.29. The number of aromatic hydroxyl groups is 1. The first-order chi connectivity index (χ1) is 16.6. The van der Waals surface area contributed by atoms with Crippen LogP contribution >= 0.6 is 0 Å². The van der Waals surface area contributed by atoms with Crippen molar-refractivity contribution in [3.63, 3.8) is 0 Å². The van der Waals surface area contributed by atoms with Gasteiger partial charge in [-0.15, -0.1) is 0 Å². The average Bonchev–Trinajstić information content (AvgIpc) is 3.45. The van der Waals surface area contributed by atoms with Gasteiger partial charge in [0.05, 0.1) is 6.61 Å². The lowest BCUT2D eigenvalue weighted by atomic mass is 10.0. The average molecular weight is 455 g/mol. The van der Waals surface area contributed by atoms with E-state index in [9.17, 15) is 9.90 Å². The van der Waals surface area contributed by atoms with E-state index in [-0.39, 0.29) is 18.2 Å². The Labute approximate surface area is 197 Å². The van der Waals surface area contributed by atoms with E-state index in [1.165, 1.54) is 0 Å². The van der Waals surface area contributed by atoms with Crippen LogP contribution in [0, 0.1) is 0 Å². The second kappa shape index (κ2) is 9.31. The molecule has 5 rings (SSSR count). The van der Waals surface area contributed by atoms with Crippen LogP contribution in [0.15, 0.2) is 73.2 Å². The van der Waals surface area contributed by atoms with E-state index in [2.05, 4.69) is 15.3 Å². The van der Waals surface area contributed by atoms with Gasteiger partial charge in [0.25, 0.3) is 0 Å². The number of nitrogens with one attached hydrogen (secondary N) is 2. The summed E-state index contributed by atoms with van der Waals surface area (Å²) in [7, 11) is 0. The molecule has 3 N–H and O–H groups in total. The monoisotopic (exact) mass is 454 g/mol. The number of pyridine rings is 1. The second-order valence-corrected chi connectivity index (χ2v) is 8.15. The number of ether oxygens (including phenoxy) is 1. The summed E-state index contributed by atoms with van der Waals surface area (Å²) in [5.41, 5.74) is 4.93. The van der Waals surface area contributed by atoms with Crippen LogP contribution in [0.4, 0.5) is 0 Å². The van der Waals surface area contributed by atoms with Crippen LogP contribution in [0.2, 0.25) is 0 Å². The molecule has 0 saturated heterocycles. The standard InChI is InChI=1S/C27H26N4O3/c1-2-34-20-7-8-25-23(15-20)24(21-10-13-29-27-22(21)11-14-30-27)16-31(25)17-26(33)28-12-9-18-3-5-19(32)6-4-18/h3-8,10-11,13-16,32H,2,9,12,17H2,1H3,(H,28,33)(H,29,30). The zero-order chi connectivity index (χ0) is 23.5. The summed E-state index contributed by atoms with van der Waals surface area (Å²) < 4.78 is 7.73. The van der Waals surface area contributed by atoms with Crippen molar-refractivity contribution < 1.29 is 14.6 Å². The predicted octanol–water partition coefficient (Wildman–Crippen LogP) is 4.65. The number of phenolic OH excluding ortho intramolecular Hbond substituents is 1. The Balaban J connectivity index is 1.42. The molecular formula is C27H26N4O3. The third-order valence-corrected chi connectivity index (χ3v) is 5.90. The molecule has 2 aromatic carbocycles. The van der Waals surface area contributed by atoms with Gasteiger partial charge in [0.2, 0.25) is 5.91 Å². The van der Waals surface area contributed by atoms with Crippen LogP contribution in [0.1, 0.15) is 12.5 Å². The van der Waals surface area contributed by atoms with Gasteiger partial charge < -0.3 is 24.7 Å². The Kier molecular flexibility index (Phi) is 5.91. The van der Waals surface area contributed by atoms with Crippen LogP contribution < -0.4 is 10.1 Å². The normalized spacial score (nSPS) is 11.2. The first-order valence-corrected chi connectivity index (χ1v) is 11.3. The largest absolute Gasteiger partial charge is 0.508 e. The number of benzene rings is 2. The van der Waals surface area contributed by atoms with E-state index in [0.717, 1.165) is 44.4 Å². The Morgan fingerprint density at radius 1 is 1.09 bits per heavy atom. The Bertz CT molecular complexity index is 1450. The van der Waals surface area contributed by atoms with Crippen LogP contribution in [0.25, 0.3) is 33.1 Å².